The zero-order valence-electron chi connectivity index (χ0n) is 8.62. The SMILES string of the molecule is O=C(O)c1cc(Cl)cc(Cl)c1C(=O)O.[H-].[Na+]. The quantitative estimate of drug-likeness (QED) is 0.702. The van der Waals surface area contributed by atoms with Crippen LogP contribution < -0.4 is 29.6 Å². The molecule has 0 saturated heterocycles. The third-order valence-electron chi connectivity index (χ3n) is 1.50. The van der Waals surface area contributed by atoms with Gasteiger partial charge in [0.2, 0.25) is 0 Å². The largest absolute Gasteiger partial charge is 1.00 e. The second kappa shape index (κ2) is 5.72. The van der Waals surface area contributed by atoms with Gasteiger partial charge in [-0.1, -0.05) is 23.2 Å². The summed E-state index contributed by atoms with van der Waals surface area (Å²) in [5.74, 6) is -2.78. The molecule has 4 nitrogen and oxygen atoms in total. The van der Waals surface area contributed by atoms with E-state index in [9.17, 15) is 9.59 Å². The van der Waals surface area contributed by atoms with E-state index in [-0.39, 0.29) is 41.0 Å². The average Bonchev–Trinajstić information content (AvgIpc) is 2.01. The molecule has 0 amide bonds. The van der Waals surface area contributed by atoms with Crippen LogP contribution in [0.3, 0.4) is 0 Å². The monoisotopic (exact) mass is 258 g/mol. The number of carbonyl (C=O) groups is 2. The molecule has 0 aliphatic carbocycles. The van der Waals surface area contributed by atoms with E-state index in [0.717, 1.165) is 6.07 Å². The molecule has 1 rings (SSSR count). The van der Waals surface area contributed by atoms with Crippen LogP contribution in [-0.2, 0) is 0 Å². The molecule has 0 fully saturated rings. The molecule has 0 aromatic heterocycles. The molecule has 1 aromatic rings. The maximum Gasteiger partial charge on any atom is 1.00 e. The molecular weight excluding hydrogens is 254 g/mol. The molecule has 0 bridgehead atoms. The van der Waals surface area contributed by atoms with Crippen LogP contribution in [0.5, 0.6) is 0 Å². The van der Waals surface area contributed by atoms with Crippen LogP contribution in [0.1, 0.15) is 22.1 Å². The van der Waals surface area contributed by atoms with Gasteiger partial charge in [-0.2, -0.15) is 0 Å². The molecule has 0 heterocycles. The van der Waals surface area contributed by atoms with Crippen LogP contribution in [0.15, 0.2) is 12.1 Å². The van der Waals surface area contributed by atoms with Gasteiger partial charge >= 0.3 is 41.5 Å². The molecule has 15 heavy (non-hydrogen) atoms. The molecule has 0 spiro atoms. The van der Waals surface area contributed by atoms with Crippen LogP contribution in [0.25, 0.3) is 0 Å². The van der Waals surface area contributed by atoms with Crippen LogP contribution >= 0.6 is 23.2 Å². The molecule has 7 heteroatoms. The zero-order valence-corrected chi connectivity index (χ0v) is 11.1. The topological polar surface area (TPSA) is 74.6 Å². The molecule has 2 N–H and O–H groups in total. The van der Waals surface area contributed by atoms with E-state index in [1.165, 1.54) is 6.07 Å². The third kappa shape index (κ3) is 3.36. The third-order valence-corrected chi connectivity index (χ3v) is 2.02. The van der Waals surface area contributed by atoms with Gasteiger partial charge in [-0.25, -0.2) is 9.59 Å². The van der Waals surface area contributed by atoms with Crippen LogP contribution in [0.2, 0.25) is 10.0 Å². The Hall–Kier alpha value is -0.260. The summed E-state index contributed by atoms with van der Waals surface area (Å²) < 4.78 is 0. The van der Waals surface area contributed by atoms with E-state index >= 15 is 0 Å². The molecule has 1 aromatic carbocycles. The minimum Gasteiger partial charge on any atom is -1.00 e. The number of aromatic carboxylic acids is 2. The van der Waals surface area contributed by atoms with Crippen molar-refractivity contribution in [1.29, 1.82) is 0 Å². The van der Waals surface area contributed by atoms with E-state index in [1.807, 2.05) is 0 Å². The zero-order chi connectivity index (χ0) is 10.9. The summed E-state index contributed by atoms with van der Waals surface area (Å²) >= 11 is 11.1. The number of hydrogen-bond donors (Lipinski definition) is 2. The summed E-state index contributed by atoms with van der Waals surface area (Å²) in [6, 6.07) is 2.22. The molecule has 0 radical (unpaired) electrons. The van der Waals surface area contributed by atoms with Crippen molar-refractivity contribution in [2.75, 3.05) is 0 Å². The Labute approximate surface area is 119 Å². The number of carboxylic acids is 2. The van der Waals surface area contributed by atoms with Crippen molar-refractivity contribution < 1.29 is 50.8 Å². The summed E-state index contributed by atoms with van der Waals surface area (Å²) in [4.78, 5) is 21.3. The first-order valence-electron chi connectivity index (χ1n) is 3.39. The second-order valence-corrected chi connectivity index (χ2v) is 3.26. The van der Waals surface area contributed by atoms with E-state index in [1.54, 1.807) is 0 Å². The fraction of sp³-hybridized carbons (Fsp3) is 0. The Kier molecular flexibility index (Phi) is 5.62. The van der Waals surface area contributed by atoms with Gasteiger partial charge in [0.25, 0.3) is 0 Å². The smallest absolute Gasteiger partial charge is 1.00 e. The first-order valence-corrected chi connectivity index (χ1v) is 4.14. The van der Waals surface area contributed by atoms with Gasteiger partial charge in [0, 0.05) is 5.02 Å². The first-order chi connectivity index (χ1) is 6.43. The minimum atomic E-state index is -1.40. The molecule has 0 saturated carbocycles. The van der Waals surface area contributed by atoms with Crippen molar-refractivity contribution in [2.24, 2.45) is 0 Å². The number of halogens is 2. The molecule has 0 unspecified atom stereocenters. The summed E-state index contributed by atoms with van der Waals surface area (Å²) in [6.45, 7) is 0. The van der Waals surface area contributed by atoms with Gasteiger partial charge in [-0.3, -0.25) is 0 Å². The number of rotatable bonds is 2. The minimum absolute atomic E-state index is 0. The van der Waals surface area contributed by atoms with Crippen molar-refractivity contribution in [2.45, 2.75) is 0 Å². The normalized spacial score (nSPS) is 9.20. The van der Waals surface area contributed by atoms with Gasteiger partial charge in [0.05, 0.1) is 16.1 Å². The Morgan fingerprint density at radius 3 is 2.07 bits per heavy atom. The molecule has 0 aliphatic heterocycles. The maximum absolute atomic E-state index is 10.7. The van der Waals surface area contributed by atoms with E-state index in [0.29, 0.717) is 0 Å². The van der Waals surface area contributed by atoms with Crippen LogP contribution in [-0.4, -0.2) is 22.2 Å². The predicted octanol–water partition coefficient (Wildman–Crippen LogP) is -0.494. The van der Waals surface area contributed by atoms with Crippen LogP contribution in [0.4, 0.5) is 0 Å². The van der Waals surface area contributed by atoms with Gasteiger partial charge in [-0.15, -0.1) is 0 Å². The molecule has 76 valence electrons. The van der Waals surface area contributed by atoms with Gasteiger partial charge in [-0.05, 0) is 12.1 Å². The Bertz CT molecular complexity index is 425. The maximum atomic E-state index is 10.7. The number of hydrogen-bond acceptors (Lipinski definition) is 2. The predicted molar refractivity (Wildman–Crippen MR) is 51.5 cm³/mol. The Morgan fingerprint density at radius 2 is 1.67 bits per heavy atom. The van der Waals surface area contributed by atoms with Gasteiger partial charge < -0.3 is 11.6 Å². The van der Waals surface area contributed by atoms with Crippen molar-refractivity contribution in [3.8, 4) is 0 Å². The average molecular weight is 259 g/mol. The molecule has 0 atom stereocenters. The summed E-state index contributed by atoms with van der Waals surface area (Å²) in [5.41, 5.74) is -0.876. The molecule has 0 aliphatic rings. The van der Waals surface area contributed by atoms with Crippen molar-refractivity contribution in [3.05, 3.63) is 33.3 Å². The standard InChI is InChI=1S/C8H4Cl2O4.Na.H/c9-3-1-4(7(11)12)6(8(13)14)5(10)2-3;;/h1-2H,(H,11,12)(H,13,14);;/q;+1;-1. The number of benzene rings is 1. The summed E-state index contributed by atoms with van der Waals surface area (Å²) in [6.07, 6.45) is 0. The summed E-state index contributed by atoms with van der Waals surface area (Å²) in [7, 11) is 0. The van der Waals surface area contributed by atoms with E-state index in [2.05, 4.69) is 0 Å². The fourth-order valence-corrected chi connectivity index (χ4v) is 1.53. The van der Waals surface area contributed by atoms with Crippen LogP contribution in [0, 0.1) is 0 Å². The Balaban J connectivity index is 0. The van der Waals surface area contributed by atoms with Crippen molar-refractivity contribution in [1.82, 2.24) is 0 Å². The second-order valence-electron chi connectivity index (χ2n) is 2.42. The number of carboxylic acid groups (broad SMARTS) is 2. The fourth-order valence-electron chi connectivity index (χ4n) is 0.960. The summed E-state index contributed by atoms with van der Waals surface area (Å²) in [5, 5.41) is 17.3. The molecular formula is C8H5Cl2NaO4. The van der Waals surface area contributed by atoms with Gasteiger partial charge in [0.15, 0.2) is 0 Å². The Morgan fingerprint density at radius 1 is 1.13 bits per heavy atom. The van der Waals surface area contributed by atoms with Gasteiger partial charge in [0.1, 0.15) is 0 Å². The van der Waals surface area contributed by atoms with Crippen molar-refractivity contribution in [3.63, 3.8) is 0 Å². The van der Waals surface area contributed by atoms with Crippen molar-refractivity contribution >= 4 is 35.1 Å². The van der Waals surface area contributed by atoms with E-state index < -0.39 is 23.1 Å². The van der Waals surface area contributed by atoms with E-state index in [4.69, 9.17) is 33.4 Å². The first kappa shape index (κ1) is 14.7.